The average Bonchev–Trinajstić information content (AvgIpc) is 2.41. The highest BCUT2D eigenvalue weighted by Crippen LogP contribution is 2.28. The molecule has 4 heteroatoms. The first-order valence-electron chi connectivity index (χ1n) is 6.19. The molecule has 2 rings (SSSR count). The van der Waals surface area contributed by atoms with Gasteiger partial charge in [-0.05, 0) is 64.7 Å². The lowest BCUT2D eigenvalue weighted by Crippen LogP contribution is -1.97. The predicted octanol–water partition coefficient (Wildman–Crippen LogP) is 5.06. The molecule has 0 saturated carbocycles. The second-order valence-electron chi connectivity index (χ2n) is 4.65. The van der Waals surface area contributed by atoms with Gasteiger partial charge in [0.15, 0.2) is 0 Å². The fraction of sp³-hybridized carbons (Fsp3) is 0.188. The molecule has 0 aromatic heterocycles. The molecule has 0 unspecified atom stereocenters. The Hall–Kier alpha value is -1.26. The van der Waals surface area contributed by atoms with Crippen molar-refractivity contribution >= 4 is 33.7 Å². The standard InChI is InChI=1S/C16H15BrO2S/c1-10-3-4-12(7-11(10)2)9-20-13-5-6-15(17)14(8-13)16(18)19/h3-8H,9H2,1-2H3,(H,18,19). The van der Waals surface area contributed by atoms with E-state index in [1.54, 1.807) is 23.9 Å². The number of hydrogen-bond acceptors (Lipinski definition) is 2. The summed E-state index contributed by atoms with van der Waals surface area (Å²) in [6.45, 7) is 4.20. The Morgan fingerprint density at radius 3 is 2.55 bits per heavy atom. The normalized spacial score (nSPS) is 10.6. The molecule has 0 radical (unpaired) electrons. The van der Waals surface area contributed by atoms with Crippen molar-refractivity contribution in [1.29, 1.82) is 0 Å². The molecule has 0 spiro atoms. The molecular formula is C16H15BrO2S. The molecule has 20 heavy (non-hydrogen) atoms. The van der Waals surface area contributed by atoms with E-state index in [2.05, 4.69) is 48.0 Å². The minimum absolute atomic E-state index is 0.301. The van der Waals surface area contributed by atoms with Crippen LogP contribution in [0, 0.1) is 13.8 Å². The number of thioether (sulfide) groups is 1. The minimum atomic E-state index is -0.912. The van der Waals surface area contributed by atoms with Crippen molar-refractivity contribution in [1.82, 2.24) is 0 Å². The lowest BCUT2D eigenvalue weighted by atomic mass is 10.1. The summed E-state index contributed by atoms with van der Waals surface area (Å²) < 4.78 is 0.612. The van der Waals surface area contributed by atoms with E-state index in [1.165, 1.54) is 16.7 Å². The van der Waals surface area contributed by atoms with Crippen LogP contribution in [0.25, 0.3) is 0 Å². The van der Waals surface area contributed by atoms with E-state index < -0.39 is 5.97 Å². The molecule has 0 aliphatic carbocycles. The summed E-state index contributed by atoms with van der Waals surface area (Å²) in [6.07, 6.45) is 0. The van der Waals surface area contributed by atoms with E-state index in [4.69, 9.17) is 5.11 Å². The van der Waals surface area contributed by atoms with Crippen molar-refractivity contribution < 1.29 is 9.90 Å². The van der Waals surface area contributed by atoms with Crippen LogP contribution in [0.4, 0.5) is 0 Å². The molecule has 2 aromatic carbocycles. The fourth-order valence-electron chi connectivity index (χ4n) is 1.82. The van der Waals surface area contributed by atoms with Gasteiger partial charge in [-0.1, -0.05) is 18.2 Å². The highest BCUT2D eigenvalue weighted by molar-refractivity contribution is 9.10. The van der Waals surface area contributed by atoms with Crippen LogP contribution in [0.2, 0.25) is 0 Å². The van der Waals surface area contributed by atoms with Crippen molar-refractivity contribution in [2.75, 3.05) is 0 Å². The fourth-order valence-corrected chi connectivity index (χ4v) is 3.11. The number of aryl methyl sites for hydroxylation is 2. The summed E-state index contributed by atoms with van der Waals surface area (Å²) in [6, 6.07) is 11.8. The smallest absolute Gasteiger partial charge is 0.336 e. The summed E-state index contributed by atoms with van der Waals surface area (Å²) in [5.41, 5.74) is 4.12. The van der Waals surface area contributed by atoms with E-state index in [0.29, 0.717) is 10.0 Å². The maximum atomic E-state index is 11.1. The third-order valence-electron chi connectivity index (χ3n) is 3.15. The number of aromatic carboxylic acids is 1. The van der Waals surface area contributed by atoms with Gasteiger partial charge in [0.1, 0.15) is 0 Å². The van der Waals surface area contributed by atoms with Gasteiger partial charge in [-0.25, -0.2) is 4.79 Å². The maximum absolute atomic E-state index is 11.1. The van der Waals surface area contributed by atoms with Crippen LogP contribution >= 0.6 is 27.7 Å². The van der Waals surface area contributed by atoms with Crippen LogP contribution < -0.4 is 0 Å². The highest BCUT2D eigenvalue weighted by Gasteiger charge is 2.09. The van der Waals surface area contributed by atoms with Gasteiger partial charge in [0.05, 0.1) is 5.56 Å². The molecule has 0 atom stereocenters. The summed E-state index contributed by atoms with van der Waals surface area (Å²) in [5.74, 6) is -0.0764. The Labute approximate surface area is 131 Å². The molecule has 0 aliphatic rings. The second kappa shape index (κ2) is 6.46. The molecule has 1 N–H and O–H groups in total. The lowest BCUT2D eigenvalue weighted by molar-refractivity contribution is 0.0695. The van der Waals surface area contributed by atoms with Gasteiger partial charge in [0.25, 0.3) is 0 Å². The minimum Gasteiger partial charge on any atom is -0.478 e. The molecule has 2 aromatic rings. The first-order chi connectivity index (χ1) is 9.47. The lowest BCUT2D eigenvalue weighted by Gasteiger charge is -2.07. The van der Waals surface area contributed by atoms with E-state index in [9.17, 15) is 4.79 Å². The monoisotopic (exact) mass is 350 g/mol. The van der Waals surface area contributed by atoms with E-state index in [1.807, 2.05) is 6.07 Å². The van der Waals surface area contributed by atoms with Gasteiger partial charge in [0, 0.05) is 15.1 Å². The third-order valence-corrected chi connectivity index (χ3v) is 4.90. The van der Waals surface area contributed by atoms with Gasteiger partial charge in [-0.15, -0.1) is 11.8 Å². The number of halogens is 1. The van der Waals surface area contributed by atoms with Crippen molar-refractivity contribution in [3.63, 3.8) is 0 Å². The second-order valence-corrected chi connectivity index (χ2v) is 6.56. The zero-order chi connectivity index (χ0) is 14.7. The quantitative estimate of drug-likeness (QED) is 0.783. The van der Waals surface area contributed by atoms with Crippen molar-refractivity contribution in [3.8, 4) is 0 Å². The zero-order valence-corrected chi connectivity index (χ0v) is 13.7. The third kappa shape index (κ3) is 3.64. The summed E-state index contributed by atoms with van der Waals surface area (Å²) in [5, 5.41) is 9.10. The van der Waals surface area contributed by atoms with E-state index in [-0.39, 0.29) is 0 Å². The molecule has 0 heterocycles. The Morgan fingerprint density at radius 2 is 1.90 bits per heavy atom. The average molecular weight is 351 g/mol. The molecule has 104 valence electrons. The van der Waals surface area contributed by atoms with Crippen molar-refractivity contribution in [2.24, 2.45) is 0 Å². The van der Waals surface area contributed by atoms with Crippen LogP contribution in [-0.2, 0) is 5.75 Å². The molecule has 0 aliphatic heterocycles. The molecule has 0 saturated heterocycles. The topological polar surface area (TPSA) is 37.3 Å². The van der Waals surface area contributed by atoms with Gasteiger partial charge < -0.3 is 5.11 Å². The number of hydrogen-bond donors (Lipinski definition) is 1. The van der Waals surface area contributed by atoms with Crippen molar-refractivity contribution in [3.05, 3.63) is 63.1 Å². The molecule has 0 fully saturated rings. The number of rotatable bonds is 4. The van der Waals surface area contributed by atoms with Crippen LogP contribution in [0.1, 0.15) is 27.0 Å². The summed E-state index contributed by atoms with van der Waals surface area (Å²) >= 11 is 4.90. The molecule has 2 nitrogen and oxygen atoms in total. The van der Waals surface area contributed by atoms with Crippen molar-refractivity contribution in [2.45, 2.75) is 24.5 Å². The highest BCUT2D eigenvalue weighted by atomic mass is 79.9. The van der Waals surface area contributed by atoms with Gasteiger partial charge in [-0.2, -0.15) is 0 Å². The number of benzene rings is 2. The SMILES string of the molecule is Cc1ccc(CSc2ccc(Br)c(C(=O)O)c2)cc1C. The Kier molecular flexibility index (Phi) is 4.89. The summed E-state index contributed by atoms with van der Waals surface area (Å²) in [7, 11) is 0. The number of carboxylic acid groups (broad SMARTS) is 1. The van der Waals surface area contributed by atoms with E-state index >= 15 is 0 Å². The molecule has 0 bridgehead atoms. The van der Waals surface area contributed by atoms with E-state index in [0.717, 1.165) is 10.6 Å². The van der Waals surface area contributed by atoms with Gasteiger partial charge in [0.2, 0.25) is 0 Å². The molecular weight excluding hydrogens is 336 g/mol. The predicted molar refractivity (Wildman–Crippen MR) is 86.6 cm³/mol. The largest absolute Gasteiger partial charge is 0.478 e. The Balaban J connectivity index is 2.12. The molecule has 0 amide bonds. The van der Waals surface area contributed by atoms with Crippen LogP contribution in [0.3, 0.4) is 0 Å². The first-order valence-corrected chi connectivity index (χ1v) is 7.97. The Bertz CT molecular complexity index is 653. The zero-order valence-electron chi connectivity index (χ0n) is 11.3. The van der Waals surface area contributed by atoms with Gasteiger partial charge in [-0.3, -0.25) is 0 Å². The van der Waals surface area contributed by atoms with Crippen LogP contribution in [0.15, 0.2) is 45.8 Å². The summed E-state index contributed by atoms with van der Waals surface area (Å²) in [4.78, 5) is 12.1. The number of carbonyl (C=O) groups is 1. The first kappa shape index (κ1) is 15.1. The number of carboxylic acids is 1. The van der Waals surface area contributed by atoms with Crippen LogP contribution in [0.5, 0.6) is 0 Å². The van der Waals surface area contributed by atoms with Gasteiger partial charge >= 0.3 is 5.97 Å². The Morgan fingerprint density at radius 1 is 1.15 bits per heavy atom. The van der Waals surface area contributed by atoms with Crippen LogP contribution in [-0.4, -0.2) is 11.1 Å². The maximum Gasteiger partial charge on any atom is 0.336 e.